The van der Waals surface area contributed by atoms with E-state index in [4.69, 9.17) is 9.05 Å². The van der Waals surface area contributed by atoms with Crippen molar-refractivity contribution in [2.24, 2.45) is 0 Å². The highest BCUT2D eigenvalue weighted by Crippen LogP contribution is 2.38. The van der Waals surface area contributed by atoms with Gasteiger partial charge in [-0.3, -0.25) is 9.36 Å². The summed E-state index contributed by atoms with van der Waals surface area (Å²) in [6, 6.07) is -0.932. The Labute approximate surface area is 531 Å². The number of phosphoric acid groups is 1. The third-order valence-corrected chi connectivity index (χ3v) is 15.7. The Morgan fingerprint density at radius 2 is 0.721 bits per heavy atom. The minimum atomic E-state index is -4.63. The summed E-state index contributed by atoms with van der Waals surface area (Å²) in [5, 5.41) is 13.9. The maximum absolute atomic E-state index is 13.0. The van der Waals surface area contributed by atoms with Gasteiger partial charge in [-0.2, -0.15) is 0 Å². The first kappa shape index (κ1) is 82.1. The van der Waals surface area contributed by atoms with Crippen LogP contribution in [0.2, 0.25) is 0 Å². The number of unbranched alkanes of at least 4 members (excludes halogenated alkanes) is 25. The molecule has 0 heterocycles. The van der Waals surface area contributed by atoms with E-state index in [1.165, 1.54) is 116 Å². The summed E-state index contributed by atoms with van der Waals surface area (Å²) >= 11 is 0. The standard InChI is InChI=1S/C77H131N2O6P/c1-6-8-10-12-14-16-18-20-22-24-26-28-30-32-34-35-36-37-38-39-40-41-42-43-45-47-49-51-53-55-57-59-61-63-65-67-69-71-77(81)78-75(74-85-86(82,83)84-73-72-79(3,4)5)76(80)70-68-66-64-62-60-58-56-54-52-50-48-46-44-33-31-29-27-25-23-21-19-17-15-13-11-9-7-2/h8,10,14,16,20,22,26,28,32,34,36-37,39-40,42-43,47,49,52-55,60,62,68,70,75-76,80H,6-7,9,11-13,15,17-19,21,23-25,27,29-31,33,35,38,41,44-46,48,50-51,56-59,61,63-67,69,71-74H2,1-5H3,(H-,78,81,82,83)/b10-8-,16-14-,22-20-,28-26-,34-32-,37-36-,40-39-,43-42-,49-47-,54-52+,55-53-,62-60+,70-68+. The molecule has 0 aliphatic heterocycles. The minimum absolute atomic E-state index is 0.0205. The maximum Gasteiger partial charge on any atom is 0.268 e. The molecule has 86 heavy (non-hydrogen) atoms. The first-order chi connectivity index (χ1) is 42.0. The lowest BCUT2D eigenvalue weighted by Crippen LogP contribution is -2.45. The summed E-state index contributed by atoms with van der Waals surface area (Å²) in [6.07, 6.45) is 102. The fourth-order valence-corrected chi connectivity index (χ4v) is 10.1. The largest absolute Gasteiger partial charge is 0.756 e. The zero-order valence-electron chi connectivity index (χ0n) is 56.0. The third kappa shape index (κ3) is 67.6. The van der Waals surface area contributed by atoms with Crippen LogP contribution in [0.5, 0.6) is 0 Å². The van der Waals surface area contributed by atoms with Gasteiger partial charge in [-0.15, -0.1) is 0 Å². The zero-order chi connectivity index (χ0) is 62.6. The number of nitrogens with zero attached hydrogens (tertiary/aromatic N) is 1. The van der Waals surface area contributed by atoms with Gasteiger partial charge in [-0.25, -0.2) is 0 Å². The second kappa shape index (κ2) is 65.6. The molecule has 0 aromatic heterocycles. The Kier molecular flexibility index (Phi) is 62.6. The molecule has 1 amide bonds. The normalized spacial score (nSPS) is 14.6. The van der Waals surface area contributed by atoms with Crippen LogP contribution in [0.1, 0.15) is 271 Å². The molecular formula is C77H131N2O6P. The van der Waals surface area contributed by atoms with E-state index < -0.39 is 26.6 Å². The number of aliphatic hydroxyl groups excluding tert-OH is 1. The van der Waals surface area contributed by atoms with E-state index in [0.717, 1.165) is 135 Å². The number of aliphatic hydroxyl groups is 1. The number of carbonyl (C=O) groups excluding carboxylic acids is 1. The van der Waals surface area contributed by atoms with Crippen molar-refractivity contribution in [3.63, 3.8) is 0 Å². The van der Waals surface area contributed by atoms with Gasteiger partial charge in [0.2, 0.25) is 5.91 Å². The molecule has 2 N–H and O–H groups in total. The van der Waals surface area contributed by atoms with E-state index in [0.29, 0.717) is 17.4 Å². The van der Waals surface area contributed by atoms with Crippen LogP contribution in [-0.4, -0.2) is 68.5 Å². The highest BCUT2D eigenvalue weighted by molar-refractivity contribution is 7.45. The van der Waals surface area contributed by atoms with Crippen LogP contribution < -0.4 is 10.2 Å². The van der Waals surface area contributed by atoms with Gasteiger partial charge >= 0.3 is 0 Å². The molecule has 0 aliphatic rings. The Morgan fingerprint density at radius 3 is 1.08 bits per heavy atom. The molecule has 0 bridgehead atoms. The van der Waals surface area contributed by atoms with Crippen LogP contribution in [0, 0.1) is 0 Å². The Bertz CT molecular complexity index is 1960. The van der Waals surface area contributed by atoms with Gasteiger partial charge in [-0.05, 0) is 122 Å². The average Bonchev–Trinajstić information content (AvgIpc) is 3.70. The highest BCUT2D eigenvalue weighted by atomic mass is 31.2. The number of hydrogen-bond donors (Lipinski definition) is 2. The molecule has 0 fully saturated rings. The monoisotopic (exact) mass is 1210 g/mol. The molecule has 0 aromatic rings. The van der Waals surface area contributed by atoms with Crippen LogP contribution in [0.4, 0.5) is 0 Å². The van der Waals surface area contributed by atoms with Crippen molar-refractivity contribution in [1.82, 2.24) is 5.32 Å². The van der Waals surface area contributed by atoms with Crippen molar-refractivity contribution >= 4 is 13.7 Å². The van der Waals surface area contributed by atoms with E-state index in [-0.39, 0.29) is 12.5 Å². The molecule has 490 valence electrons. The van der Waals surface area contributed by atoms with Crippen molar-refractivity contribution in [3.8, 4) is 0 Å². The Balaban J connectivity index is 4.25. The summed E-state index contributed by atoms with van der Waals surface area (Å²) < 4.78 is 23.4. The van der Waals surface area contributed by atoms with Gasteiger partial charge in [0, 0.05) is 6.42 Å². The average molecular weight is 1210 g/mol. The number of allylic oxidation sites excluding steroid dienone is 25. The van der Waals surface area contributed by atoms with Gasteiger partial charge in [0.05, 0.1) is 39.9 Å². The summed E-state index contributed by atoms with van der Waals surface area (Å²) in [5.74, 6) is -0.231. The molecule has 0 aromatic carbocycles. The summed E-state index contributed by atoms with van der Waals surface area (Å²) in [5.41, 5.74) is 0. The van der Waals surface area contributed by atoms with E-state index in [9.17, 15) is 19.4 Å². The molecule has 3 atom stereocenters. The van der Waals surface area contributed by atoms with Gasteiger partial charge in [0.25, 0.3) is 7.82 Å². The molecule has 3 unspecified atom stereocenters. The number of carbonyl (C=O) groups is 1. The van der Waals surface area contributed by atoms with Crippen molar-refractivity contribution in [1.29, 1.82) is 0 Å². The van der Waals surface area contributed by atoms with Crippen LogP contribution in [0.15, 0.2) is 158 Å². The molecule has 0 rings (SSSR count). The van der Waals surface area contributed by atoms with Crippen molar-refractivity contribution in [2.75, 3.05) is 40.9 Å². The van der Waals surface area contributed by atoms with Crippen LogP contribution >= 0.6 is 7.82 Å². The Morgan fingerprint density at radius 1 is 0.419 bits per heavy atom. The second-order valence-electron chi connectivity index (χ2n) is 24.1. The first-order valence-corrected chi connectivity index (χ1v) is 36.3. The SMILES string of the molecule is CC/C=C\C/C=C\C/C=C\C/C=C\C/C=C\C/C=C\C/C=C\C/C=C\C/C=C\C/C=C\CCCCCCCCC(=O)NC(COP(=O)([O-])OCC[N+](C)(C)C)C(O)/C=C/CC/C=C/CC/C=C/CCCCCCCCCCCCCCCCCCC. The maximum atomic E-state index is 13.0. The van der Waals surface area contributed by atoms with Crippen LogP contribution in [-0.2, 0) is 18.4 Å². The molecule has 0 saturated carbocycles. The topological polar surface area (TPSA) is 108 Å². The van der Waals surface area contributed by atoms with E-state index in [1.54, 1.807) is 6.08 Å². The summed E-state index contributed by atoms with van der Waals surface area (Å²) in [7, 11) is 1.20. The fraction of sp³-hybridized carbons (Fsp3) is 0.649. The predicted molar refractivity (Wildman–Crippen MR) is 375 cm³/mol. The molecule has 0 aliphatic carbocycles. The number of likely N-dealkylation sites (N-methyl/N-ethyl adjacent to an activating group) is 1. The smallest absolute Gasteiger partial charge is 0.268 e. The molecule has 0 radical (unpaired) electrons. The fourth-order valence-electron chi connectivity index (χ4n) is 9.33. The molecule has 8 nitrogen and oxygen atoms in total. The van der Waals surface area contributed by atoms with Gasteiger partial charge in [-0.1, -0.05) is 300 Å². The summed E-state index contributed by atoms with van der Waals surface area (Å²) in [6.45, 7) is 4.50. The molecule has 9 heteroatoms. The second-order valence-corrected chi connectivity index (χ2v) is 25.5. The number of phosphoric ester groups is 1. The van der Waals surface area contributed by atoms with E-state index in [1.807, 2.05) is 27.2 Å². The lowest BCUT2D eigenvalue weighted by Gasteiger charge is -2.29. The Hall–Kier alpha value is -3.88. The highest BCUT2D eigenvalue weighted by Gasteiger charge is 2.23. The predicted octanol–water partition coefficient (Wildman–Crippen LogP) is 21.9. The first-order valence-electron chi connectivity index (χ1n) is 34.8. The van der Waals surface area contributed by atoms with Crippen LogP contribution in [0.25, 0.3) is 0 Å². The minimum Gasteiger partial charge on any atom is -0.756 e. The number of hydrogen-bond acceptors (Lipinski definition) is 6. The number of amides is 1. The van der Waals surface area contributed by atoms with E-state index >= 15 is 0 Å². The van der Waals surface area contributed by atoms with Crippen molar-refractivity contribution in [3.05, 3.63) is 158 Å². The van der Waals surface area contributed by atoms with Gasteiger partial charge < -0.3 is 28.8 Å². The quantitative estimate of drug-likeness (QED) is 0.0272. The van der Waals surface area contributed by atoms with Gasteiger partial charge in [0.1, 0.15) is 13.2 Å². The zero-order valence-corrected chi connectivity index (χ0v) is 56.8. The molecule has 0 saturated heterocycles. The van der Waals surface area contributed by atoms with Crippen molar-refractivity contribution < 1.29 is 32.9 Å². The lowest BCUT2D eigenvalue weighted by molar-refractivity contribution is -0.870. The number of nitrogens with one attached hydrogen (secondary N) is 1. The van der Waals surface area contributed by atoms with Gasteiger partial charge in [0.15, 0.2) is 0 Å². The number of quaternary nitrogens is 1. The van der Waals surface area contributed by atoms with E-state index in [2.05, 4.69) is 165 Å². The third-order valence-electron chi connectivity index (χ3n) is 14.7. The van der Waals surface area contributed by atoms with Crippen LogP contribution in [0.3, 0.4) is 0 Å². The number of rotatable bonds is 62. The van der Waals surface area contributed by atoms with Crippen molar-refractivity contribution in [2.45, 2.75) is 283 Å². The summed E-state index contributed by atoms with van der Waals surface area (Å²) in [4.78, 5) is 25.6. The lowest BCUT2D eigenvalue weighted by atomic mass is 10.0. The molecular weight excluding hydrogens is 1080 g/mol. The molecule has 0 spiro atoms.